The van der Waals surface area contributed by atoms with E-state index in [4.69, 9.17) is 4.52 Å². The van der Waals surface area contributed by atoms with E-state index >= 15 is 0 Å². The number of anilines is 1. The maximum atomic E-state index is 11.8. The number of hydrogen-bond acceptors (Lipinski definition) is 5. The third kappa shape index (κ3) is 2.28. The van der Waals surface area contributed by atoms with Crippen LogP contribution in [0.1, 0.15) is 16.4 Å². The van der Waals surface area contributed by atoms with Crippen LogP contribution in [-0.4, -0.2) is 25.6 Å². The minimum absolute atomic E-state index is 0.152. The molecule has 0 saturated carbocycles. The predicted molar refractivity (Wildman–Crippen MR) is 70.6 cm³/mol. The number of nitrogens with zero attached hydrogens (tertiary/aromatic N) is 4. The average Bonchev–Trinajstić information content (AvgIpc) is 3.11. The number of amides is 1. The number of carbonyl (C=O) groups excluding carboxylic acids is 1. The van der Waals surface area contributed by atoms with Crippen LogP contribution in [0, 0.1) is 6.92 Å². The van der Waals surface area contributed by atoms with Gasteiger partial charge in [0.15, 0.2) is 0 Å². The lowest BCUT2D eigenvalue weighted by Crippen LogP contribution is -2.11. The number of nitrogens with one attached hydrogen (secondary N) is 1. The quantitative estimate of drug-likeness (QED) is 0.783. The number of hydrogen-bond donors (Lipinski definition) is 1. The molecule has 3 aromatic heterocycles. The molecule has 0 aliphatic heterocycles. The Labute approximate surface area is 114 Å². The van der Waals surface area contributed by atoms with Crippen molar-refractivity contribution in [2.24, 2.45) is 0 Å². The van der Waals surface area contributed by atoms with Gasteiger partial charge in [-0.1, -0.05) is 5.16 Å². The molecule has 0 atom stereocenters. The Morgan fingerprint density at radius 2 is 2.15 bits per heavy atom. The molecule has 0 fully saturated rings. The van der Waals surface area contributed by atoms with Crippen LogP contribution in [0.2, 0.25) is 0 Å². The van der Waals surface area contributed by atoms with Gasteiger partial charge in [0.05, 0.1) is 18.1 Å². The second-order valence-electron chi connectivity index (χ2n) is 4.08. The Morgan fingerprint density at radius 3 is 2.75 bits per heavy atom. The number of carbonyl (C=O) groups is 1. The number of aryl methyl sites for hydroxylation is 1. The molecule has 3 rings (SSSR count). The van der Waals surface area contributed by atoms with Gasteiger partial charge in [0.2, 0.25) is 5.76 Å². The first-order valence-corrected chi connectivity index (χ1v) is 5.92. The summed E-state index contributed by atoms with van der Waals surface area (Å²) in [6.45, 7) is 1.89. The molecule has 1 amide bonds. The second-order valence-corrected chi connectivity index (χ2v) is 4.08. The van der Waals surface area contributed by atoms with Gasteiger partial charge in [0, 0.05) is 18.5 Å². The third-order valence-corrected chi connectivity index (χ3v) is 2.74. The fraction of sp³-hybridized carbons (Fsp3) is 0.0769. The molecule has 0 spiro atoms. The van der Waals surface area contributed by atoms with Gasteiger partial charge in [-0.2, -0.15) is 0 Å². The topological polar surface area (TPSA) is 85.8 Å². The van der Waals surface area contributed by atoms with Crippen molar-refractivity contribution >= 4 is 11.6 Å². The van der Waals surface area contributed by atoms with E-state index in [2.05, 4.69) is 20.4 Å². The summed E-state index contributed by atoms with van der Waals surface area (Å²) < 4.78 is 6.62. The van der Waals surface area contributed by atoms with Crippen molar-refractivity contribution in [1.82, 2.24) is 19.7 Å². The summed E-state index contributed by atoms with van der Waals surface area (Å²) in [5.41, 5.74) is 0.577. The van der Waals surface area contributed by atoms with Gasteiger partial charge < -0.3 is 9.84 Å². The van der Waals surface area contributed by atoms with E-state index in [9.17, 15) is 4.79 Å². The van der Waals surface area contributed by atoms with Crippen LogP contribution < -0.4 is 5.32 Å². The normalized spacial score (nSPS) is 10.4. The number of aromatic nitrogens is 4. The summed E-state index contributed by atoms with van der Waals surface area (Å²) in [4.78, 5) is 20.2. The van der Waals surface area contributed by atoms with Crippen LogP contribution >= 0.6 is 0 Å². The Bertz CT molecular complexity index is 716. The Kier molecular flexibility index (Phi) is 3.00. The molecule has 7 heteroatoms. The molecule has 0 radical (unpaired) electrons. The molecular formula is C13H11N5O2. The summed E-state index contributed by atoms with van der Waals surface area (Å²) in [6, 6.07) is 5.05. The van der Waals surface area contributed by atoms with Gasteiger partial charge in [-0.3, -0.25) is 9.36 Å². The van der Waals surface area contributed by atoms with Gasteiger partial charge in [-0.25, -0.2) is 9.97 Å². The van der Waals surface area contributed by atoms with E-state index in [0.717, 1.165) is 11.6 Å². The van der Waals surface area contributed by atoms with E-state index in [1.165, 1.54) is 12.3 Å². The lowest BCUT2D eigenvalue weighted by atomic mass is 10.3. The van der Waals surface area contributed by atoms with Crippen molar-refractivity contribution in [3.8, 4) is 5.82 Å². The van der Waals surface area contributed by atoms with E-state index in [1.807, 2.05) is 17.7 Å². The first kappa shape index (κ1) is 12.1. The fourth-order valence-corrected chi connectivity index (χ4v) is 1.75. The second kappa shape index (κ2) is 4.96. The van der Waals surface area contributed by atoms with Crippen LogP contribution in [0.4, 0.5) is 5.69 Å². The molecule has 0 aromatic carbocycles. The Hall–Kier alpha value is -2.96. The zero-order valence-corrected chi connectivity index (χ0v) is 10.6. The SMILES string of the molecule is Cc1nccn1-c1ccc(NC(=O)c2ccno2)cn1. The lowest BCUT2D eigenvalue weighted by Gasteiger charge is -2.06. The highest BCUT2D eigenvalue weighted by Crippen LogP contribution is 2.12. The van der Waals surface area contributed by atoms with Crippen LogP contribution in [0.5, 0.6) is 0 Å². The average molecular weight is 269 g/mol. The van der Waals surface area contributed by atoms with Crippen LogP contribution in [0.25, 0.3) is 5.82 Å². The number of rotatable bonds is 3. The monoisotopic (exact) mass is 269 g/mol. The molecular weight excluding hydrogens is 258 g/mol. The van der Waals surface area contributed by atoms with Gasteiger partial charge >= 0.3 is 0 Å². The molecule has 0 saturated heterocycles. The lowest BCUT2D eigenvalue weighted by molar-refractivity contribution is 0.0988. The highest BCUT2D eigenvalue weighted by atomic mass is 16.5. The fourth-order valence-electron chi connectivity index (χ4n) is 1.75. The maximum absolute atomic E-state index is 11.8. The van der Waals surface area contributed by atoms with Gasteiger partial charge in [-0.05, 0) is 19.1 Å². The first-order valence-electron chi connectivity index (χ1n) is 5.92. The summed E-state index contributed by atoms with van der Waals surface area (Å²) in [5.74, 6) is 1.36. The summed E-state index contributed by atoms with van der Waals surface area (Å²) in [7, 11) is 0. The number of imidazole rings is 1. The summed E-state index contributed by atoms with van der Waals surface area (Å²) in [5, 5.41) is 6.15. The molecule has 0 aliphatic rings. The van der Waals surface area contributed by atoms with E-state index in [1.54, 1.807) is 24.5 Å². The minimum Gasteiger partial charge on any atom is -0.351 e. The highest BCUT2D eigenvalue weighted by Gasteiger charge is 2.10. The molecule has 20 heavy (non-hydrogen) atoms. The molecule has 100 valence electrons. The molecule has 7 nitrogen and oxygen atoms in total. The van der Waals surface area contributed by atoms with Gasteiger partial charge in [0.1, 0.15) is 11.6 Å². The predicted octanol–water partition coefficient (Wildman–Crippen LogP) is 1.82. The van der Waals surface area contributed by atoms with Crippen LogP contribution in [-0.2, 0) is 0 Å². The van der Waals surface area contributed by atoms with Crippen molar-refractivity contribution in [2.75, 3.05) is 5.32 Å². The molecule has 3 heterocycles. The summed E-state index contributed by atoms with van der Waals surface area (Å²) in [6.07, 6.45) is 6.52. The third-order valence-electron chi connectivity index (χ3n) is 2.74. The molecule has 1 N–H and O–H groups in total. The highest BCUT2D eigenvalue weighted by molar-refractivity contribution is 6.01. The van der Waals surface area contributed by atoms with Crippen molar-refractivity contribution in [3.63, 3.8) is 0 Å². The van der Waals surface area contributed by atoms with Gasteiger partial charge in [-0.15, -0.1) is 0 Å². The summed E-state index contributed by atoms with van der Waals surface area (Å²) >= 11 is 0. The molecule has 3 aromatic rings. The Morgan fingerprint density at radius 1 is 1.25 bits per heavy atom. The van der Waals surface area contributed by atoms with Crippen molar-refractivity contribution < 1.29 is 9.32 Å². The van der Waals surface area contributed by atoms with Crippen LogP contribution in [0.3, 0.4) is 0 Å². The molecule has 0 aliphatic carbocycles. The van der Waals surface area contributed by atoms with Crippen molar-refractivity contribution in [1.29, 1.82) is 0 Å². The minimum atomic E-state index is -0.365. The van der Waals surface area contributed by atoms with E-state index in [0.29, 0.717) is 5.69 Å². The van der Waals surface area contributed by atoms with Crippen LogP contribution in [0.15, 0.2) is 47.5 Å². The maximum Gasteiger partial charge on any atom is 0.294 e. The molecule has 0 unspecified atom stereocenters. The largest absolute Gasteiger partial charge is 0.351 e. The molecule has 0 bridgehead atoms. The number of pyridine rings is 1. The zero-order chi connectivity index (χ0) is 13.9. The standard InChI is InChI=1S/C13H11N5O2/c1-9-14-6-7-18(9)12-3-2-10(8-15-12)17-13(19)11-4-5-16-20-11/h2-8H,1H3,(H,17,19). The van der Waals surface area contributed by atoms with Crippen molar-refractivity contribution in [3.05, 3.63) is 54.6 Å². The smallest absolute Gasteiger partial charge is 0.294 e. The van der Waals surface area contributed by atoms with Gasteiger partial charge in [0.25, 0.3) is 5.91 Å². The first-order chi connectivity index (χ1) is 9.74. The Balaban J connectivity index is 1.77. The van der Waals surface area contributed by atoms with Crippen molar-refractivity contribution in [2.45, 2.75) is 6.92 Å². The zero-order valence-electron chi connectivity index (χ0n) is 10.6. The van der Waals surface area contributed by atoms with E-state index in [-0.39, 0.29) is 11.7 Å². The van der Waals surface area contributed by atoms with E-state index < -0.39 is 0 Å².